The van der Waals surface area contributed by atoms with Gasteiger partial charge in [-0.3, -0.25) is 0 Å². The largest absolute Gasteiger partial charge is 0.354 e. The zero-order valence-electron chi connectivity index (χ0n) is 38.5. The van der Waals surface area contributed by atoms with E-state index >= 15 is 0 Å². The fourth-order valence-electron chi connectivity index (χ4n) is 10.1. The van der Waals surface area contributed by atoms with Crippen LogP contribution in [0.3, 0.4) is 0 Å². The number of rotatable bonds is 12. The van der Waals surface area contributed by atoms with Gasteiger partial charge in [0, 0.05) is 55.7 Å². The van der Waals surface area contributed by atoms with E-state index < -0.39 is 0 Å². The van der Waals surface area contributed by atoms with Crippen LogP contribution in [0.1, 0.15) is 0 Å². The Morgan fingerprint density at radius 3 is 1.20 bits per heavy atom. The number of hydrogen-bond acceptors (Lipinski definition) is 3. The number of anilines is 9. The van der Waals surface area contributed by atoms with E-state index in [0.717, 1.165) is 95.6 Å². The second-order valence-electron chi connectivity index (χ2n) is 17.3. The van der Waals surface area contributed by atoms with Crippen molar-refractivity contribution in [3.05, 3.63) is 285 Å². The molecule has 0 fully saturated rings. The van der Waals surface area contributed by atoms with Crippen LogP contribution in [-0.2, 0) is 0 Å². The van der Waals surface area contributed by atoms with Crippen molar-refractivity contribution in [3.63, 3.8) is 0 Å². The first kappa shape index (κ1) is 42.0. The quantitative estimate of drug-likeness (QED) is 0.132. The van der Waals surface area contributed by atoms with Gasteiger partial charge in [-0.25, -0.2) is 0 Å². The van der Waals surface area contributed by atoms with E-state index in [0.29, 0.717) is 0 Å². The number of aromatic amines is 1. The third-order valence-corrected chi connectivity index (χ3v) is 13.2. The molecule has 1 N–H and O–H groups in total. The predicted molar refractivity (Wildman–Crippen MR) is 296 cm³/mol. The second-order valence-corrected chi connectivity index (χ2v) is 17.3. The van der Waals surface area contributed by atoms with Crippen LogP contribution >= 0.6 is 0 Å². The highest BCUT2D eigenvalue weighted by Crippen LogP contribution is 2.56. The monoisotopic (exact) mass is 896 g/mol. The topological polar surface area (TPSA) is 25.5 Å². The lowest BCUT2D eigenvalue weighted by atomic mass is 9.90. The molecule has 0 aliphatic heterocycles. The smallest absolute Gasteiger partial charge is 0.0782 e. The van der Waals surface area contributed by atoms with E-state index in [2.05, 4.69) is 305 Å². The van der Waals surface area contributed by atoms with Gasteiger partial charge in [0.1, 0.15) is 0 Å². The SMILES string of the molecule is c1ccc(-c2cccc(N(c3ccccc3)c3ccccc3)c2N(c2ccccc2-c2c(-c3ccccc3)ccc3c2[nH]c2ccccc23)c2ccccc2N(c2ccccc2)c2ccccc2)cc1. The minimum Gasteiger partial charge on any atom is -0.354 e. The average molecular weight is 897 g/mol. The highest BCUT2D eigenvalue weighted by molar-refractivity contribution is 6.17. The molecule has 0 saturated heterocycles. The number of fused-ring (bicyclic) bond motifs is 3. The maximum atomic E-state index is 3.95. The minimum atomic E-state index is 0.999. The van der Waals surface area contributed by atoms with E-state index in [1.54, 1.807) is 0 Å². The molecule has 0 aliphatic carbocycles. The summed E-state index contributed by atoms with van der Waals surface area (Å²) in [7, 11) is 0. The Labute approximate surface area is 409 Å². The molecule has 332 valence electrons. The van der Waals surface area contributed by atoms with Crippen molar-refractivity contribution in [3.8, 4) is 33.4 Å². The molecular formula is C66H48N4. The molecule has 1 heterocycles. The first-order valence-corrected chi connectivity index (χ1v) is 23.9. The van der Waals surface area contributed by atoms with Crippen molar-refractivity contribution >= 4 is 73.0 Å². The molecule has 0 aliphatic rings. The Morgan fingerprint density at radius 1 is 0.243 bits per heavy atom. The highest BCUT2D eigenvalue weighted by atomic mass is 15.2. The molecule has 0 bridgehead atoms. The molecule has 1 aromatic heterocycles. The van der Waals surface area contributed by atoms with Crippen LogP contribution in [0.4, 0.5) is 51.2 Å². The van der Waals surface area contributed by atoms with Gasteiger partial charge in [0.25, 0.3) is 0 Å². The molecule has 12 aromatic rings. The number of hydrogen-bond donors (Lipinski definition) is 1. The van der Waals surface area contributed by atoms with Gasteiger partial charge in [0.15, 0.2) is 0 Å². The Kier molecular flexibility index (Phi) is 11.2. The van der Waals surface area contributed by atoms with Crippen molar-refractivity contribution < 1.29 is 0 Å². The zero-order valence-corrected chi connectivity index (χ0v) is 38.5. The molecule has 70 heavy (non-hydrogen) atoms. The summed E-state index contributed by atoms with van der Waals surface area (Å²) in [4.78, 5) is 11.3. The van der Waals surface area contributed by atoms with Crippen molar-refractivity contribution in [2.75, 3.05) is 14.7 Å². The number of aromatic nitrogens is 1. The van der Waals surface area contributed by atoms with Crippen LogP contribution in [0.15, 0.2) is 285 Å². The summed E-state index contributed by atoms with van der Waals surface area (Å²) in [6.07, 6.45) is 0. The molecule has 0 atom stereocenters. The molecule has 12 rings (SSSR count). The average Bonchev–Trinajstić information content (AvgIpc) is 3.82. The van der Waals surface area contributed by atoms with Crippen molar-refractivity contribution in [1.29, 1.82) is 0 Å². The molecule has 0 spiro atoms. The lowest BCUT2D eigenvalue weighted by molar-refractivity contribution is 1.20. The van der Waals surface area contributed by atoms with Gasteiger partial charge in [0.05, 0.1) is 34.0 Å². The van der Waals surface area contributed by atoms with Gasteiger partial charge < -0.3 is 19.7 Å². The summed E-state index contributed by atoms with van der Waals surface area (Å²) in [6.45, 7) is 0. The van der Waals surface area contributed by atoms with Crippen molar-refractivity contribution in [2.24, 2.45) is 0 Å². The van der Waals surface area contributed by atoms with Crippen LogP contribution in [0.2, 0.25) is 0 Å². The van der Waals surface area contributed by atoms with Gasteiger partial charge in [-0.1, -0.05) is 206 Å². The van der Waals surface area contributed by atoms with Crippen LogP contribution < -0.4 is 14.7 Å². The number of para-hydroxylation sites is 9. The van der Waals surface area contributed by atoms with Crippen molar-refractivity contribution in [1.82, 2.24) is 4.98 Å². The fourth-order valence-corrected chi connectivity index (χ4v) is 10.1. The predicted octanol–water partition coefficient (Wildman–Crippen LogP) is 18.7. The van der Waals surface area contributed by atoms with Gasteiger partial charge in [0.2, 0.25) is 0 Å². The molecule has 0 amide bonds. The second kappa shape index (κ2) is 18.7. The van der Waals surface area contributed by atoms with Crippen LogP contribution in [0, 0.1) is 0 Å². The van der Waals surface area contributed by atoms with E-state index in [1.807, 2.05) is 0 Å². The van der Waals surface area contributed by atoms with Gasteiger partial charge in [-0.05, 0) is 95.6 Å². The first-order valence-electron chi connectivity index (χ1n) is 23.9. The minimum absolute atomic E-state index is 0.999. The molecule has 0 unspecified atom stereocenters. The zero-order chi connectivity index (χ0) is 46.6. The number of nitrogens with zero attached hydrogens (tertiary/aromatic N) is 3. The van der Waals surface area contributed by atoms with Crippen LogP contribution in [-0.4, -0.2) is 4.98 Å². The maximum absolute atomic E-state index is 3.95. The van der Waals surface area contributed by atoms with Gasteiger partial charge in [-0.15, -0.1) is 0 Å². The normalized spacial score (nSPS) is 11.1. The Balaban J connectivity index is 1.25. The molecule has 4 nitrogen and oxygen atoms in total. The summed E-state index contributed by atoms with van der Waals surface area (Å²) in [5.74, 6) is 0. The molecule has 4 heteroatoms. The Hall–Kier alpha value is -9.38. The van der Waals surface area contributed by atoms with E-state index in [4.69, 9.17) is 0 Å². The van der Waals surface area contributed by atoms with E-state index in [9.17, 15) is 0 Å². The summed E-state index contributed by atoms with van der Waals surface area (Å²) in [5, 5.41) is 2.37. The first-order chi connectivity index (χ1) is 34.8. The number of H-pyrrole nitrogens is 1. The number of nitrogens with one attached hydrogen (secondary N) is 1. The maximum Gasteiger partial charge on any atom is 0.0782 e. The van der Waals surface area contributed by atoms with Gasteiger partial charge in [-0.2, -0.15) is 0 Å². The Morgan fingerprint density at radius 2 is 0.643 bits per heavy atom. The summed E-state index contributed by atoms with van der Waals surface area (Å²) < 4.78 is 0. The summed E-state index contributed by atoms with van der Waals surface area (Å²) >= 11 is 0. The van der Waals surface area contributed by atoms with Crippen LogP contribution in [0.25, 0.3) is 55.2 Å². The van der Waals surface area contributed by atoms with Gasteiger partial charge >= 0.3 is 0 Å². The molecule has 11 aromatic carbocycles. The fraction of sp³-hybridized carbons (Fsp3) is 0. The third-order valence-electron chi connectivity index (χ3n) is 13.2. The number of benzene rings is 11. The van der Waals surface area contributed by atoms with E-state index in [1.165, 1.54) is 10.8 Å². The lowest BCUT2D eigenvalue weighted by Crippen LogP contribution is -2.21. The van der Waals surface area contributed by atoms with Crippen molar-refractivity contribution in [2.45, 2.75) is 0 Å². The molecule has 0 saturated carbocycles. The molecular weight excluding hydrogens is 849 g/mol. The lowest BCUT2D eigenvalue weighted by Gasteiger charge is -2.38. The Bertz CT molecular complexity index is 3630. The third kappa shape index (κ3) is 7.74. The standard InChI is InChI=1S/C66H48N4/c1-7-26-48(27-8-1)54-46-47-57-56-38-19-21-41-59(56)67-65(57)64(54)58-39-20-22-42-60(58)70(62-44-24-23-43-61(62)68(50-30-11-3-12-31-50)51-32-13-4-14-33-51)66-55(49-28-9-2-10-29-49)40-25-45-63(66)69(52-34-15-5-16-35-52)53-36-17-6-18-37-53/h1-47,67H. The molecule has 0 radical (unpaired) electrons. The van der Waals surface area contributed by atoms with E-state index in [-0.39, 0.29) is 0 Å². The summed E-state index contributed by atoms with van der Waals surface area (Å²) in [5.41, 5.74) is 18.1. The highest BCUT2D eigenvalue weighted by Gasteiger charge is 2.31. The van der Waals surface area contributed by atoms with Crippen LogP contribution in [0.5, 0.6) is 0 Å². The summed E-state index contributed by atoms with van der Waals surface area (Å²) in [6, 6.07) is 102.